The number of hydrogen-bond acceptors (Lipinski definition) is 2. The van der Waals surface area contributed by atoms with Crippen LogP contribution >= 0.6 is 0 Å². The van der Waals surface area contributed by atoms with Crippen molar-refractivity contribution in [1.29, 1.82) is 0 Å². The average molecular weight is 231 g/mol. The molecule has 0 amide bonds. The van der Waals surface area contributed by atoms with Gasteiger partial charge in [0.2, 0.25) is 0 Å². The number of aromatic amines is 1. The Morgan fingerprint density at radius 1 is 1.29 bits per heavy atom. The average Bonchev–Trinajstić information content (AvgIpc) is 2.79. The standard InChI is InChI=1S/C13H13NO3/c1-17-8-9-4-2-3-5-10(9)11-6-14-7-12(11)13(15)16/h2-7,14H,8H2,1H3,(H,15,16). The minimum atomic E-state index is -0.937. The normalized spacial score (nSPS) is 10.4. The van der Waals surface area contributed by atoms with Crippen LogP contribution in [0.1, 0.15) is 15.9 Å². The van der Waals surface area contributed by atoms with Gasteiger partial charge in [-0.1, -0.05) is 24.3 Å². The lowest BCUT2D eigenvalue weighted by molar-refractivity contribution is 0.0698. The van der Waals surface area contributed by atoms with Gasteiger partial charge in [0.05, 0.1) is 12.2 Å². The summed E-state index contributed by atoms with van der Waals surface area (Å²) in [5.74, 6) is -0.937. The van der Waals surface area contributed by atoms with E-state index >= 15 is 0 Å². The molecule has 1 aromatic heterocycles. The third-order valence-electron chi connectivity index (χ3n) is 2.58. The number of methoxy groups -OCH3 is 1. The number of carboxylic acids is 1. The van der Waals surface area contributed by atoms with Crippen LogP contribution in [0, 0.1) is 0 Å². The minimum Gasteiger partial charge on any atom is -0.478 e. The third kappa shape index (κ3) is 2.21. The van der Waals surface area contributed by atoms with E-state index in [1.165, 1.54) is 6.20 Å². The number of rotatable bonds is 4. The number of hydrogen-bond donors (Lipinski definition) is 2. The monoisotopic (exact) mass is 231 g/mol. The summed E-state index contributed by atoms with van der Waals surface area (Å²) in [7, 11) is 1.62. The molecule has 17 heavy (non-hydrogen) atoms. The molecule has 0 saturated carbocycles. The number of aromatic nitrogens is 1. The van der Waals surface area contributed by atoms with Crippen LogP contribution in [0.15, 0.2) is 36.7 Å². The highest BCUT2D eigenvalue weighted by Gasteiger charge is 2.14. The molecule has 0 radical (unpaired) electrons. The van der Waals surface area contributed by atoms with Gasteiger partial charge >= 0.3 is 5.97 Å². The first-order chi connectivity index (χ1) is 8.24. The zero-order valence-corrected chi connectivity index (χ0v) is 9.43. The van der Waals surface area contributed by atoms with E-state index in [1.807, 2.05) is 24.3 Å². The van der Waals surface area contributed by atoms with Gasteiger partial charge in [-0.2, -0.15) is 0 Å². The molecule has 2 aromatic rings. The molecule has 0 aliphatic heterocycles. The lowest BCUT2D eigenvalue weighted by Gasteiger charge is -2.08. The maximum Gasteiger partial charge on any atom is 0.337 e. The molecule has 0 aliphatic carbocycles. The number of benzene rings is 1. The summed E-state index contributed by atoms with van der Waals surface area (Å²) in [5.41, 5.74) is 2.81. The van der Waals surface area contributed by atoms with Crippen LogP contribution in [0.5, 0.6) is 0 Å². The Balaban J connectivity index is 2.52. The molecule has 0 saturated heterocycles. The molecule has 2 N–H and O–H groups in total. The van der Waals surface area contributed by atoms with Crippen molar-refractivity contribution in [2.75, 3.05) is 7.11 Å². The molecule has 0 unspecified atom stereocenters. The van der Waals surface area contributed by atoms with Gasteiger partial charge in [-0.05, 0) is 11.1 Å². The molecular formula is C13H13NO3. The van der Waals surface area contributed by atoms with Crippen LogP contribution in [0.4, 0.5) is 0 Å². The Morgan fingerprint density at radius 3 is 2.76 bits per heavy atom. The van der Waals surface area contributed by atoms with Crippen LogP contribution in [0.3, 0.4) is 0 Å². The topological polar surface area (TPSA) is 62.3 Å². The van der Waals surface area contributed by atoms with Gasteiger partial charge in [-0.25, -0.2) is 4.79 Å². The molecule has 1 aromatic carbocycles. The maximum absolute atomic E-state index is 11.1. The lowest BCUT2D eigenvalue weighted by atomic mass is 9.99. The molecule has 0 fully saturated rings. The van der Waals surface area contributed by atoms with Crippen LogP contribution in [0.2, 0.25) is 0 Å². The Morgan fingerprint density at radius 2 is 2.06 bits per heavy atom. The van der Waals surface area contributed by atoms with E-state index < -0.39 is 5.97 Å². The van der Waals surface area contributed by atoms with Crippen LogP contribution < -0.4 is 0 Å². The fourth-order valence-corrected chi connectivity index (χ4v) is 1.83. The van der Waals surface area contributed by atoms with Gasteiger partial charge in [0, 0.05) is 25.1 Å². The van der Waals surface area contributed by atoms with E-state index in [0.717, 1.165) is 11.1 Å². The summed E-state index contributed by atoms with van der Waals surface area (Å²) in [5, 5.41) is 9.09. The van der Waals surface area contributed by atoms with Crippen molar-refractivity contribution >= 4 is 5.97 Å². The van der Waals surface area contributed by atoms with Crippen LogP contribution in [0.25, 0.3) is 11.1 Å². The first-order valence-corrected chi connectivity index (χ1v) is 5.21. The second kappa shape index (κ2) is 4.84. The fourth-order valence-electron chi connectivity index (χ4n) is 1.83. The quantitative estimate of drug-likeness (QED) is 0.849. The van der Waals surface area contributed by atoms with E-state index in [9.17, 15) is 4.79 Å². The maximum atomic E-state index is 11.1. The summed E-state index contributed by atoms with van der Waals surface area (Å²) < 4.78 is 5.11. The van der Waals surface area contributed by atoms with Crippen molar-refractivity contribution in [2.24, 2.45) is 0 Å². The number of ether oxygens (including phenoxy) is 1. The number of aromatic carboxylic acids is 1. The van der Waals surface area contributed by atoms with Gasteiger partial charge in [0.15, 0.2) is 0 Å². The summed E-state index contributed by atoms with van der Waals surface area (Å²) in [6.45, 7) is 0.459. The van der Waals surface area contributed by atoms with Crippen molar-refractivity contribution in [3.8, 4) is 11.1 Å². The lowest BCUT2D eigenvalue weighted by Crippen LogP contribution is -1.98. The number of carbonyl (C=O) groups is 1. The molecule has 0 atom stereocenters. The van der Waals surface area contributed by atoms with E-state index in [0.29, 0.717) is 12.2 Å². The molecule has 0 spiro atoms. The highest BCUT2D eigenvalue weighted by Crippen LogP contribution is 2.27. The van der Waals surface area contributed by atoms with E-state index in [1.54, 1.807) is 13.3 Å². The van der Waals surface area contributed by atoms with E-state index in [2.05, 4.69) is 4.98 Å². The molecule has 2 rings (SSSR count). The Hall–Kier alpha value is -2.07. The Labute approximate surface area is 98.9 Å². The van der Waals surface area contributed by atoms with Crippen LogP contribution in [-0.4, -0.2) is 23.2 Å². The molecule has 0 bridgehead atoms. The Kier molecular flexibility index (Phi) is 3.25. The largest absolute Gasteiger partial charge is 0.478 e. The SMILES string of the molecule is COCc1ccccc1-c1c[nH]cc1C(=O)O. The van der Waals surface area contributed by atoms with Gasteiger partial charge in [-0.15, -0.1) is 0 Å². The smallest absolute Gasteiger partial charge is 0.337 e. The summed E-state index contributed by atoms with van der Waals surface area (Å²) in [6.07, 6.45) is 3.18. The van der Waals surface area contributed by atoms with E-state index in [-0.39, 0.29) is 5.56 Å². The van der Waals surface area contributed by atoms with E-state index in [4.69, 9.17) is 9.84 Å². The zero-order chi connectivity index (χ0) is 12.3. The van der Waals surface area contributed by atoms with Gasteiger partial charge in [0.25, 0.3) is 0 Å². The first-order valence-electron chi connectivity index (χ1n) is 5.21. The second-order valence-electron chi connectivity index (χ2n) is 3.68. The van der Waals surface area contributed by atoms with Crippen molar-refractivity contribution in [2.45, 2.75) is 6.61 Å². The number of nitrogens with one attached hydrogen (secondary N) is 1. The first kappa shape index (κ1) is 11.4. The van der Waals surface area contributed by atoms with Crippen molar-refractivity contribution in [3.63, 3.8) is 0 Å². The van der Waals surface area contributed by atoms with Gasteiger partial charge < -0.3 is 14.8 Å². The van der Waals surface area contributed by atoms with Gasteiger partial charge in [-0.3, -0.25) is 0 Å². The molecular weight excluding hydrogens is 218 g/mol. The molecule has 4 nitrogen and oxygen atoms in total. The molecule has 88 valence electrons. The molecule has 0 aliphatic rings. The summed E-state index contributed by atoms with van der Waals surface area (Å²) >= 11 is 0. The van der Waals surface area contributed by atoms with Crippen molar-refractivity contribution in [1.82, 2.24) is 4.98 Å². The van der Waals surface area contributed by atoms with Gasteiger partial charge in [0.1, 0.15) is 0 Å². The molecule has 4 heteroatoms. The summed E-state index contributed by atoms with van der Waals surface area (Å²) in [6, 6.07) is 7.61. The predicted molar refractivity (Wildman–Crippen MR) is 63.9 cm³/mol. The Bertz CT molecular complexity index is 531. The summed E-state index contributed by atoms with van der Waals surface area (Å²) in [4.78, 5) is 13.9. The van der Waals surface area contributed by atoms with Crippen molar-refractivity contribution in [3.05, 3.63) is 47.8 Å². The third-order valence-corrected chi connectivity index (χ3v) is 2.58. The highest BCUT2D eigenvalue weighted by atomic mass is 16.5. The van der Waals surface area contributed by atoms with Crippen LogP contribution in [-0.2, 0) is 11.3 Å². The zero-order valence-electron chi connectivity index (χ0n) is 9.43. The second-order valence-corrected chi connectivity index (χ2v) is 3.68. The minimum absolute atomic E-state index is 0.272. The van der Waals surface area contributed by atoms with Crippen molar-refractivity contribution < 1.29 is 14.6 Å². The highest BCUT2D eigenvalue weighted by molar-refractivity contribution is 5.96. The fraction of sp³-hybridized carbons (Fsp3) is 0.154. The predicted octanol–water partition coefficient (Wildman–Crippen LogP) is 2.53. The molecule has 1 heterocycles. The number of carboxylic acid groups (broad SMARTS) is 1. The number of H-pyrrole nitrogens is 1.